The second kappa shape index (κ2) is 14.1. The fourth-order valence-corrected chi connectivity index (χ4v) is 2.34. The molecule has 0 saturated heterocycles. The van der Waals surface area contributed by atoms with Crippen molar-refractivity contribution in [3.05, 3.63) is 29.8 Å². The van der Waals surface area contributed by atoms with Crippen molar-refractivity contribution in [1.82, 2.24) is 15.5 Å². The van der Waals surface area contributed by atoms with E-state index in [4.69, 9.17) is 0 Å². The van der Waals surface area contributed by atoms with Gasteiger partial charge < -0.3 is 20.3 Å². The van der Waals surface area contributed by atoms with E-state index in [-0.39, 0.29) is 29.7 Å². The lowest BCUT2D eigenvalue weighted by atomic mass is 10.2. The van der Waals surface area contributed by atoms with Crippen LogP contribution in [0.2, 0.25) is 0 Å². The molecule has 0 unspecified atom stereocenters. The second-order valence-corrected chi connectivity index (χ2v) is 5.27. The summed E-state index contributed by atoms with van der Waals surface area (Å²) in [6, 6.07) is 6.73. The van der Waals surface area contributed by atoms with E-state index in [0.717, 1.165) is 32.6 Å². The molecule has 5 nitrogen and oxygen atoms in total. The number of nitrogens with one attached hydrogen (secondary N) is 2. The minimum Gasteiger partial charge on any atom is -0.434 e. The minimum atomic E-state index is -2.83. The van der Waals surface area contributed by atoms with Crippen molar-refractivity contribution < 1.29 is 13.5 Å². The van der Waals surface area contributed by atoms with E-state index in [1.807, 2.05) is 0 Å². The van der Waals surface area contributed by atoms with Gasteiger partial charge in [0.15, 0.2) is 5.96 Å². The maximum Gasteiger partial charge on any atom is 0.387 e. The third kappa shape index (κ3) is 9.78. The Bertz CT molecular complexity index is 503. The molecule has 0 aromatic heterocycles. The van der Waals surface area contributed by atoms with Gasteiger partial charge in [-0.1, -0.05) is 32.0 Å². The molecule has 0 aliphatic rings. The van der Waals surface area contributed by atoms with Gasteiger partial charge in [0, 0.05) is 32.2 Å². The first-order valence-electron chi connectivity index (χ1n) is 8.30. The van der Waals surface area contributed by atoms with E-state index in [0.29, 0.717) is 18.1 Å². The van der Waals surface area contributed by atoms with Crippen LogP contribution in [0.4, 0.5) is 8.78 Å². The zero-order valence-electron chi connectivity index (χ0n) is 15.1. The highest BCUT2D eigenvalue weighted by Gasteiger charge is 2.09. The molecule has 0 radical (unpaired) electrons. The Morgan fingerprint density at radius 3 is 2.52 bits per heavy atom. The number of hydrogen-bond donors (Lipinski definition) is 2. The molecule has 2 N–H and O–H groups in total. The van der Waals surface area contributed by atoms with Crippen LogP contribution in [0.15, 0.2) is 29.3 Å². The van der Waals surface area contributed by atoms with Gasteiger partial charge >= 0.3 is 6.61 Å². The number of guanidine groups is 1. The van der Waals surface area contributed by atoms with E-state index in [1.54, 1.807) is 25.2 Å². The molecule has 0 heterocycles. The fraction of sp³-hybridized carbons (Fsp3) is 0.588. The molecule has 0 aliphatic carbocycles. The molecule has 0 aliphatic heterocycles. The molecule has 0 amide bonds. The standard InChI is InChI=1S/C17H28F2N4O.HI/c1-4-11-23(5-2)12-10-21-17(20-3)22-13-14-8-6-7-9-15(14)24-16(18)19;/h6-9,16H,4-5,10-13H2,1-3H3,(H2,20,21,22);1H. The van der Waals surface area contributed by atoms with Crippen molar-refractivity contribution in [2.45, 2.75) is 33.4 Å². The number of benzene rings is 1. The molecule has 1 aromatic carbocycles. The van der Waals surface area contributed by atoms with Gasteiger partial charge in [0.25, 0.3) is 0 Å². The SMILES string of the molecule is CCCN(CC)CCNC(=NC)NCc1ccccc1OC(F)F.I. The molecule has 1 aromatic rings. The molecule has 8 heteroatoms. The molecule has 0 spiro atoms. The Morgan fingerprint density at radius 2 is 1.92 bits per heavy atom. The number of ether oxygens (including phenoxy) is 1. The first-order valence-corrected chi connectivity index (χ1v) is 8.30. The average molecular weight is 470 g/mol. The van der Waals surface area contributed by atoms with E-state index >= 15 is 0 Å². The number of para-hydroxylation sites is 1. The number of likely N-dealkylation sites (N-methyl/N-ethyl adjacent to an activating group) is 1. The molecule has 0 atom stereocenters. The Kier molecular flexibility index (Phi) is 13.4. The van der Waals surface area contributed by atoms with E-state index < -0.39 is 6.61 Å². The van der Waals surface area contributed by atoms with Gasteiger partial charge in [0.2, 0.25) is 0 Å². The van der Waals surface area contributed by atoms with Gasteiger partial charge in [-0.15, -0.1) is 24.0 Å². The van der Waals surface area contributed by atoms with Gasteiger partial charge in [-0.25, -0.2) is 0 Å². The number of rotatable bonds is 10. The quantitative estimate of drug-likeness (QED) is 0.313. The monoisotopic (exact) mass is 470 g/mol. The maximum atomic E-state index is 12.4. The number of alkyl halides is 2. The normalized spacial score (nSPS) is 11.4. The van der Waals surface area contributed by atoms with Crippen LogP contribution in [-0.4, -0.2) is 50.7 Å². The van der Waals surface area contributed by atoms with Crippen LogP contribution in [0, 0.1) is 0 Å². The third-order valence-electron chi connectivity index (χ3n) is 3.57. The largest absolute Gasteiger partial charge is 0.434 e. The van der Waals surface area contributed by atoms with E-state index in [2.05, 4.69) is 39.1 Å². The summed E-state index contributed by atoms with van der Waals surface area (Å²) in [5.74, 6) is 0.810. The van der Waals surface area contributed by atoms with Crippen molar-refractivity contribution >= 4 is 29.9 Å². The maximum absolute atomic E-state index is 12.4. The van der Waals surface area contributed by atoms with Crippen LogP contribution < -0.4 is 15.4 Å². The second-order valence-electron chi connectivity index (χ2n) is 5.27. The lowest BCUT2D eigenvalue weighted by Crippen LogP contribution is -2.41. The Morgan fingerprint density at radius 1 is 1.20 bits per heavy atom. The van der Waals surface area contributed by atoms with Gasteiger partial charge in [0.1, 0.15) is 5.75 Å². The fourth-order valence-electron chi connectivity index (χ4n) is 2.34. The number of hydrogen-bond acceptors (Lipinski definition) is 3. The van der Waals surface area contributed by atoms with E-state index in [9.17, 15) is 8.78 Å². The predicted molar refractivity (Wildman–Crippen MR) is 109 cm³/mol. The first-order chi connectivity index (χ1) is 11.6. The third-order valence-corrected chi connectivity index (χ3v) is 3.57. The van der Waals surface area contributed by atoms with Gasteiger partial charge in [-0.2, -0.15) is 8.78 Å². The molecule has 25 heavy (non-hydrogen) atoms. The van der Waals surface area contributed by atoms with Crippen molar-refractivity contribution in [2.24, 2.45) is 4.99 Å². The number of nitrogens with zero attached hydrogens (tertiary/aromatic N) is 2. The molecular weight excluding hydrogens is 441 g/mol. The summed E-state index contributed by atoms with van der Waals surface area (Å²) >= 11 is 0. The van der Waals surface area contributed by atoms with Crippen LogP contribution in [0.1, 0.15) is 25.8 Å². The molecule has 1 rings (SSSR count). The van der Waals surface area contributed by atoms with Crippen LogP contribution in [0.25, 0.3) is 0 Å². The summed E-state index contributed by atoms with van der Waals surface area (Å²) in [6.07, 6.45) is 1.13. The molecule has 0 fully saturated rings. The van der Waals surface area contributed by atoms with Crippen LogP contribution in [0.3, 0.4) is 0 Å². The highest BCUT2D eigenvalue weighted by molar-refractivity contribution is 14.0. The smallest absolute Gasteiger partial charge is 0.387 e. The highest BCUT2D eigenvalue weighted by atomic mass is 127. The summed E-state index contributed by atoms with van der Waals surface area (Å²) in [5, 5.41) is 6.35. The summed E-state index contributed by atoms with van der Waals surface area (Å²) in [4.78, 5) is 6.50. The van der Waals surface area contributed by atoms with Gasteiger partial charge in [-0.05, 0) is 25.6 Å². The van der Waals surface area contributed by atoms with Crippen molar-refractivity contribution in [1.29, 1.82) is 0 Å². The van der Waals surface area contributed by atoms with Gasteiger partial charge in [-0.3, -0.25) is 4.99 Å². The van der Waals surface area contributed by atoms with Gasteiger partial charge in [0.05, 0.1) is 0 Å². The van der Waals surface area contributed by atoms with Crippen LogP contribution >= 0.6 is 24.0 Å². The zero-order valence-corrected chi connectivity index (χ0v) is 17.4. The Balaban J connectivity index is 0.00000576. The minimum absolute atomic E-state index is 0. The summed E-state index contributed by atoms with van der Waals surface area (Å²) in [6.45, 7) is 5.61. The summed E-state index contributed by atoms with van der Waals surface area (Å²) in [7, 11) is 1.68. The Labute approximate surface area is 166 Å². The summed E-state index contributed by atoms with van der Waals surface area (Å²) < 4.78 is 29.4. The Hall–Kier alpha value is -1.16. The van der Waals surface area contributed by atoms with Crippen molar-refractivity contribution in [3.63, 3.8) is 0 Å². The van der Waals surface area contributed by atoms with E-state index in [1.165, 1.54) is 6.07 Å². The van der Waals surface area contributed by atoms with Crippen molar-refractivity contribution in [3.8, 4) is 5.75 Å². The van der Waals surface area contributed by atoms with Crippen LogP contribution in [-0.2, 0) is 6.54 Å². The number of halogens is 3. The predicted octanol–water partition coefficient (Wildman–Crippen LogP) is 3.30. The summed E-state index contributed by atoms with van der Waals surface area (Å²) in [5.41, 5.74) is 0.655. The lowest BCUT2D eigenvalue weighted by molar-refractivity contribution is -0.0504. The first kappa shape index (κ1) is 23.8. The van der Waals surface area contributed by atoms with Crippen LogP contribution in [0.5, 0.6) is 5.75 Å². The van der Waals surface area contributed by atoms with Crippen molar-refractivity contribution in [2.75, 3.05) is 33.2 Å². The highest BCUT2D eigenvalue weighted by Crippen LogP contribution is 2.19. The molecule has 144 valence electrons. The topological polar surface area (TPSA) is 48.9 Å². The lowest BCUT2D eigenvalue weighted by Gasteiger charge is -2.20. The molecular formula is C17H29F2IN4O. The average Bonchev–Trinajstić information content (AvgIpc) is 2.57. The zero-order chi connectivity index (χ0) is 17.8. The number of aliphatic imine (C=N–C) groups is 1. The molecule has 0 saturated carbocycles. The molecule has 0 bridgehead atoms.